The van der Waals surface area contributed by atoms with E-state index in [9.17, 15) is 22.8 Å². The molecule has 0 radical (unpaired) electrons. The molecule has 0 fully saturated rings. The van der Waals surface area contributed by atoms with Crippen molar-refractivity contribution in [3.05, 3.63) is 77.2 Å². The number of amides is 2. The summed E-state index contributed by atoms with van der Waals surface area (Å²) < 4.78 is 53.7. The molecule has 3 aromatic rings. The van der Waals surface area contributed by atoms with Crippen LogP contribution in [0.25, 0.3) is 0 Å². The fourth-order valence-electron chi connectivity index (χ4n) is 4.32. The number of carbonyl (C=O) groups is 2. The average Bonchev–Trinajstić information content (AvgIpc) is 3.38. The number of halogens is 4. The highest BCUT2D eigenvalue weighted by atomic mass is 35.5. The second-order valence-corrected chi connectivity index (χ2v) is 8.42. The van der Waals surface area contributed by atoms with Crippen LogP contribution in [-0.4, -0.2) is 31.1 Å². The largest absolute Gasteiger partial charge is 0.497 e. The number of fused-ring (bicyclic) bond motifs is 1. The van der Waals surface area contributed by atoms with Gasteiger partial charge < -0.3 is 14.1 Å². The van der Waals surface area contributed by atoms with Crippen molar-refractivity contribution in [2.75, 3.05) is 16.9 Å². The van der Waals surface area contributed by atoms with Gasteiger partial charge >= 0.3 is 6.18 Å². The van der Waals surface area contributed by atoms with Gasteiger partial charge in [-0.3, -0.25) is 14.5 Å². The Morgan fingerprint density at radius 1 is 1.17 bits per heavy atom. The number of nitrogens with zero attached hydrogens (tertiary/aromatic N) is 2. The summed E-state index contributed by atoms with van der Waals surface area (Å²) in [6, 6.07) is 10.2. The molecule has 35 heavy (non-hydrogen) atoms. The molecule has 2 atom stereocenters. The number of hydrogen-bond acceptors (Lipinski definition) is 4. The van der Waals surface area contributed by atoms with Gasteiger partial charge in [-0.05, 0) is 54.6 Å². The predicted molar refractivity (Wildman–Crippen MR) is 125 cm³/mol. The van der Waals surface area contributed by atoms with Gasteiger partial charge in [0, 0.05) is 29.1 Å². The number of furan rings is 1. The van der Waals surface area contributed by atoms with Gasteiger partial charge in [0.15, 0.2) is 5.76 Å². The second kappa shape index (κ2) is 9.65. The molecule has 0 saturated carbocycles. The lowest BCUT2D eigenvalue weighted by Gasteiger charge is -2.44. The third-order valence-electron chi connectivity index (χ3n) is 5.93. The van der Waals surface area contributed by atoms with Crippen molar-refractivity contribution in [2.24, 2.45) is 0 Å². The Morgan fingerprint density at radius 2 is 1.89 bits per heavy atom. The number of alkyl halides is 3. The van der Waals surface area contributed by atoms with Crippen LogP contribution in [0.15, 0.2) is 65.3 Å². The number of anilines is 2. The number of carbonyl (C=O) groups excluding carboxylic acids is 2. The molecular formula is C25H22ClF3N2O4. The molecule has 184 valence electrons. The van der Waals surface area contributed by atoms with E-state index in [1.807, 2.05) is 0 Å². The van der Waals surface area contributed by atoms with Crippen molar-refractivity contribution in [2.45, 2.75) is 38.0 Å². The van der Waals surface area contributed by atoms with E-state index in [0.717, 1.165) is 0 Å². The zero-order valence-electron chi connectivity index (χ0n) is 18.9. The summed E-state index contributed by atoms with van der Waals surface area (Å²) in [5.74, 6) is -1.15. The highest BCUT2D eigenvalue weighted by Gasteiger charge is 2.52. The first-order valence-electron chi connectivity index (χ1n) is 10.8. The molecule has 2 amide bonds. The van der Waals surface area contributed by atoms with E-state index in [-0.39, 0.29) is 23.8 Å². The number of hydrogen-bond donors (Lipinski definition) is 0. The van der Waals surface area contributed by atoms with Crippen LogP contribution in [0.3, 0.4) is 0 Å². The summed E-state index contributed by atoms with van der Waals surface area (Å²) in [6.45, 7) is 1.63. The van der Waals surface area contributed by atoms with Gasteiger partial charge in [-0.15, -0.1) is 0 Å². The Morgan fingerprint density at radius 3 is 2.46 bits per heavy atom. The summed E-state index contributed by atoms with van der Waals surface area (Å²) in [7, 11) is 1.43. The molecule has 4 rings (SSSR count). The summed E-state index contributed by atoms with van der Waals surface area (Å²) >= 11 is 6.00. The van der Waals surface area contributed by atoms with Crippen LogP contribution >= 0.6 is 11.6 Å². The van der Waals surface area contributed by atoms with Gasteiger partial charge in [-0.2, -0.15) is 13.2 Å². The van der Waals surface area contributed by atoms with E-state index >= 15 is 0 Å². The second-order valence-electron chi connectivity index (χ2n) is 7.98. The van der Waals surface area contributed by atoms with Crippen molar-refractivity contribution < 1.29 is 31.9 Å². The lowest BCUT2D eigenvalue weighted by Crippen LogP contribution is -2.54. The number of ether oxygens (including phenoxy) is 1. The zero-order chi connectivity index (χ0) is 25.3. The van der Waals surface area contributed by atoms with Gasteiger partial charge in [-0.1, -0.05) is 18.5 Å². The van der Waals surface area contributed by atoms with Crippen LogP contribution in [0.5, 0.6) is 5.75 Å². The molecule has 0 unspecified atom stereocenters. The number of benzene rings is 2. The first-order valence-corrected chi connectivity index (χ1v) is 11.2. The predicted octanol–water partition coefficient (Wildman–Crippen LogP) is 6.41. The Bertz CT molecular complexity index is 1210. The van der Waals surface area contributed by atoms with Gasteiger partial charge in [-0.25, -0.2) is 0 Å². The third-order valence-corrected chi connectivity index (χ3v) is 6.18. The molecule has 0 bridgehead atoms. The van der Waals surface area contributed by atoms with Crippen molar-refractivity contribution in [1.82, 2.24) is 0 Å². The molecule has 1 aliphatic heterocycles. The molecular weight excluding hydrogens is 485 g/mol. The van der Waals surface area contributed by atoms with Gasteiger partial charge in [0.2, 0.25) is 5.91 Å². The summed E-state index contributed by atoms with van der Waals surface area (Å²) in [5, 5.41) is 0.423. The topological polar surface area (TPSA) is 63.0 Å². The fourth-order valence-corrected chi connectivity index (χ4v) is 4.45. The molecule has 1 aliphatic rings. The van der Waals surface area contributed by atoms with Crippen molar-refractivity contribution in [3.8, 4) is 5.75 Å². The molecule has 2 aromatic carbocycles. The standard InChI is InChI=1S/C25H22ClF3N2O4/c1-3-23(32)30(16-8-6-15(26)7-9-16)20-14-22(25(27,28)29)31(24(33)21-5-4-12-35-21)19-11-10-17(34-2)13-18(19)20/h4-13,20,22H,3,14H2,1-2H3/t20-,22-/m0/s1. The van der Waals surface area contributed by atoms with Gasteiger partial charge in [0.05, 0.1) is 25.1 Å². The van der Waals surface area contributed by atoms with Gasteiger partial charge in [0.25, 0.3) is 5.91 Å². The maximum absolute atomic E-state index is 14.4. The smallest absolute Gasteiger partial charge is 0.409 e. The van der Waals surface area contributed by atoms with E-state index in [2.05, 4.69) is 0 Å². The lowest BCUT2D eigenvalue weighted by atomic mass is 9.88. The highest BCUT2D eigenvalue weighted by Crippen LogP contribution is 2.48. The summed E-state index contributed by atoms with van der Waals surface area (Å²) in [6.07, 6.45) is -4.08. The van der Waals surface area contributed by atoms with Crippen LogP contribution in [0.4, 0.5) is 24.5 Å². The molecule has 0 spiro atoms. The first-order chi connectivity index (χ1) is 16.7. The maximum atomic E-state index is 14.4. The molecule has 0 aliphatic carbocycles. The molecule has 1 aromatic heterocycles. The number of methoxy groups -OCH3 is 1. The van der Waals surface area contributed by atoms with E-state index in [1.54, 1.807) is 37.3 Å². The monoisotopic (exact) mass is 506 g/mol. The summed E-state index contributed by atoms with van der Waals surface area (Å²) in [4.78, 5) is 28.3. The fraction of sp³-hybridized carbons (Fsp3) is 0.280. The Hall–Kier alpha value is -3.46. The molecule has 2 heterocycles. The Kier molecular flexibility index (Phi) is 6.80. The van der Waals surface area contributed by atoms with E-state index in [1.165, 1.54) is 42.5 Å². The molecule has 6 nitrogen and oxygen atoms in total. The van der Waals surface area contributed by atoms with Crippen LogP contribution in [0.2, 0.25) is 5.02 Å². The average molecular weight is 507 g/mol. The molecule has 10 heteroatoms. The number of rotatable bonds is 5. The van der Waals surface area contributed by atoms with Crippen LogP contribution in [0.1, 0.15) is 41.9 Å². The lowest BCUT2D eigenvalue weighted by molar-refractivity contribution is -0.151. The van der Waals surface area contributed by atoms with Gasteiger partial charge in [0.1, 0.15) is 11.8 Å². The van der Waals surface area contributed by atoms with E-state index < -0.39 is 30.6 Å². The molecule has 0 saturated heterocycles. The Labute approximate surface area is 204 Å². The van der Waals surface area contributed by atoms with Crippen LogP contribution < -0.4 is 14.5 Å². The maximum Gasteiger partial charge on any atom is 0.409 e. The van der Waals surface area contributed by atoms with Crippen LogP contribution in [0, 0.1) is 0 Å². The molecule has 0 N–H and O–H groups in total. The highest BCUT2D eigenvalue weighted by molar-refractivity contribution is 6.30. The van der Waals surface area contributed by atoms with E-state index in [4.69, 9.17) is 20.8 Å². The first kappa shape index (κ1) is 24.7. The normalized spacial score (nSPS) is 17.6. The van der Waals surface area contributed by atoms with Crippen molar-refractivity contribution >= 4 is 34.8 Å². The zero-order valence-corrected chi connectivity index (χ0v) is 19.6. The van der Waals surface area contributed by atoms with Crippen LogP contribution in [-0.2, 0) is 4.79 Å². The minimum Gasteiger partial charge on any atom is -0.497 e. The quantitative estimate of drug-likeness (QED) is 0.401. The minimum absolute atomic E-state index is 0.0219. The minimum atomic E-state index is -4.78. The van der Waals surface area contributed by atoms with Crippen molar-refractivity contribution in [3.63, 3.8) is 0 Å². The Balaban J connectivity index is 1.93. The van der Waals surface area contributed by atoms with Crippen molar-refractivity contribution in [1.29, 1.82) is 0 Å². The van der Waals surface area contributed by atoms with E-state index in [0.29, 0.717) is 26.9 Å². The SMILES string of the molecule is CCC(=O)N(c1ccc(Cl)cc1)[C@H]1C[C@@H](C(F)(F)F)N(C(=O)c2ccco2)c2ccc(OC)cc21. The summed E-state index contributed by atoms with van der Waals surface area (Å²) in [5.41, 5.74) is 0.766. The third kappa shape index (κ3) is 4.73.